The first kappa shape index (κ1) is 21.0. The van der Waals surface area contributed by atoms with Crippen LogP contribution in [0.1, 0.15) is 66.7 Å². The van der Waals surface area contributed by atoms with E-state index in [0.29, 0.717) is 0 Å². The minimum atomic E-state index is 0.0337. The van der Waals surface area contributed by atoms with Crippen LogP contribution < -0.4 is 10.0 Å². The Morgan fingerprint density at radius 2 is 2.12 bits per heavy atom. The summed E-state index contributed by atoms with van der Waals surface area (Å²) >= 11 is 1.71. The van der Waals surface area contributed by atoms with E-state index in [9.17, 15) is 4.79 Å². The lowest BCUT2D eigenvalue weighted by Crippen LogP contribution is -2.37. The molecular weight excluding hydrogens is 340 g/mol. The molecule has 1 fully saturated rings. The number of hydrogen-bond acceptors (Lipinski definition) is 3. The molecule has 3 nitrogen and oxygen atoms in total. The van der Waals surface area contributed by atoms with Gasteiger partial charge in [0, 0.05) is 16.9 Å². The monoisotopic (exact) mass is 374 g/mol. The molecule has 144 valence electrons. The van der Waals surface area contributed by atoms with Gasteiger partial charge in [-0.05, 0) is 76.5 Å². The Labute approximate surface area is 163 Å². The quantitative estimate of drug-likeness (QED) is 0.277. The zero-order chi connectivity index (χ0) is 19.2. The maximum absolute atomic E-state index is 12.8. The normalized spacial score (nSPS) is 21.2. The van der Waals surface area contributed by atoms with E-state index in [4.69, 9.17) is 0 Å². The van der Waals surface area contributed by atoms with Gasteiger partial charge in [0.2, 0.25) is 0 Å². The van der Waals surface area contributed by atoms with Crippen LogP contribution in [-0.4, -0.2) is 23.2 Å². The number of hydrogen-bond donors (Lipinski definition) is 2. The van der Waals surface area contributed by atoms with Gasteiger partial charge in [-0.15, -0.1) is 0 Å². The van der Waals surface area contributed by atoms with Crippen molar-refractivity contribution < 1.29 is 4.79 Å². The van der Waals surface area contributed by atoms with Gasteiger partial charge in [0.25, 0.3) is 5.91 Å². The van der Waals surface area contributed by atoms with E-state index in [-0.39, 0.29) is 16.7 Å². The fourth-order valence-electron chi connectivity index (χ4n) is 3.45. The highest BCUT2D eigenvalue weighted by atomic mass is 32.2. The molecule has 2 rings (SSSR count). The van der Waals surface area contributed by atoms with Crippen LogP contribution >= 0.6 is 11.9 Å². The summed E-state index contributed by atoms with van der Waals surface area (Å²) in [7, 11) is 0. The van der Waals surface area contributed by atoms with Gasteiger partial charge in [-0.1, -0.05) is 43.2 Å². The largest absolute Gasteiger partial charge is 0.345 e. The van der Waals surface area contributed by atoms with Crippen LogP contribution in [0.5, 0.6) is 0 Å². The maximum Gasteiger partial charge on any atom is 0.251 e. The van der Waals surface area contributed by atoms with E-state index in [2.05, 4.69) is 50.7 Å². The Hall–Kier alpha value is -1.26. The lowest BCUT2D eigenvalue weighted by atomic mass is 9.89. The summed E-state index contributed by atoms with van der Waals surface area (Å²) in [4.78, 5) is 12.8. The first-order valence-corrected chi connectivity index (χ1v) is 10.6. The molecule has 0 spiro atoms. The topological polar surface area (TPSA) is 41.1 Å². The molecule has 0 aromatic heterocycles. The molecule has 4 heteroatoms. The lowest BCUT2D eigenvalue weighted by molar-refractivity contribution is -0.117. The molecule has 2 aliphatic carbocycles. The minimum absolute atomic E-state index is 0.0337. The molecule has 0 radical (unpaired) electrons. The molecular formula is C22H34N2OS. The Morgan fingerprint density at radius 3 is 2.81 bits per heavy atom. The van der Waals surface area contributed by atoms with E-state index in [0.717, 1.165) is 25.0 Å². The molecule has 0 heterocycles. The molecule has 1 atom stereocenters. The summed E-state index contributed by atoms with van der Waals surface area (Å²) in [6.07, 6.45) is 13.7. The molecule has 0 aliphatic heterocycles. The molecule has 2 N–H and O–H groups in total. The molecule has 1 unspecified atom stereocenters. The van der Waals surface area contributed by atoms with Gasteiger partial charge in [0.15, 0.2) is 0 Å². The zero-order valence-electron chi connectivity index (χ0n) is 16.9. The van der Waals surface area contributed by atoms with Gasteiger partial charge >= 0.3 is 0 Å². The van der Waals surface area contributed by atoms with Crippen LogP contribution in [0.2, 0.25) is 0 Å². The predicted molar refractivity (Wildman–Crippen MR) is 114 cm³/mol. The first-order chi connectivity index (χ1) is 12.3. The minimum Gasteiger partial charge on any atom is -0.345 e. The second-order valence-electron chi connectivity index (χ2n) is 8.04. The fraction of sp³-hybridized carbons (Fsp3) is 0.591. The highest BCUT2D eigenvalue weighted by Crippen LogP contribution is 2.37. The smallest absolute Gasteiger partial charge is 0.251 e. The van der Waals surface area contributed by atoms with Crippen molar-refractivity contribution in [1.29, 1.82) is 0 Å². The molecule has 0 aromatic carbocycles. The van der Waals surface area contributed by atoms with E-state index in [1.54, 1.807) is 11.9 Å². The van der Waals surface area contributed by atoms with Gasteiger partial charge in [-0.25, -0.2) is 0 Å². The van der Waals surface area contributed by atoms with E-state index < -0.39 is 0 Å². The number of carbonyl (C=O) groups excluding carboxylic acids is 1. The van der Waals surface area contributed by atoms with E-state index >= 15 is 0 Å². The Balaban J connectivity index is 1.92. The van der Waals surface area contributed by atoms with Crippen molar-refractivity contribution in [2.75, 3.05) is 6.54 Å². The van der Waals surface area contributed by atoms with Crippen LogP contribution in [0.4, 0.5) is 0 Å². The highest BCUT2D eigenvalue weighted by Gasteiger charge is 2.25. The molecule has 1 saturated carbocycles. The average Bonchev–Trinajstić information content (AvgIpc) is 3.04. The molecule has 2 aliphatic rings. The molecule has 1 amide bonds. The summed E-state index contributed by atoms with van der Waals surface area (Å²) in [5.74, 6) is 0.0337. The summed E-state index contributed by atoms with van der Waals surface area (Å²) in [6.45, 7) is 11.5. The van der Waals surface area contributed by atoms with Gasteiger partial charge < -0.3 is 5.32 Å². The third kappa shape index (κ3) is 6.17. The second-order valence-corrected chi connectivity index (χ2v) is 9.76. The number of amides is 1. The number of rotatable bonds is 7. The van der Waals surface area contributed by atoms with Crippen molar-refractivity contribution in [3.63, 3.8) is 0 Å². The SMILES string of the molecule is CC/C=C(\C=C/CNSC(C)(C)C)C(=O)NC1CC=C2CCCC2=C1C. The Morgan fingerprint density at radius 1 is 1.35 bits per heavy atom. The third-order valence-electron chi connectivity index (χ3n) is 4.73. The van der Waals surface area contributed by atoms with Crippen molar-refractivity contribution in [2.45, 2.75) is 77.5 Å². The van der Waals surface area contributed by atoms with Crippen LogP contribution in [-0.2, 0) is 4.79 Å². The molecule has 0 saturated heterocycles. The van der Waals surface area contributed by atoms with Gasteiger partial charge in [0.05, 0.1) is 6.04 Å². The fourth-order valence-corrected chi connectivity index (χ4v) is 4.06. The van der Waals surface area contributed by atoms with Crippen molar-refractivity contribution in [3.05, 3.63) is 46.6 Å². The molecule has 0 aromatic rings. The van der Waals surface area contributed by atoms with Crippen LogP contribution in [0.25, 0.3) is 0 Å². The van der Waals surface area contributed by atoms with Gasteiger partial charge in [-0.3, -0.25) is 9.52 Å². The highest BCUT2D eigenvalue weighted by molar-refractivity contribution is 7.98. The summed E-state index contributed by atoms with van der Waals surface area (Å²) < 4.78 is 3.52. The molecule has 26 heavy (non-hydrogen) atoms. The standard InChI is InChI=1S/C22H34N2OS/c1-6-9-18(11-8-15-23-26-22(3,4)5)21(25)24-20-14-13-17-10-7-12-19(17)16(20)2/h8-9,11,13,20,23H,6-7,10,12,14-15H2,1-5H3,(H,24,25)/b11-8-,18-9+. The first-order valence-electron chi connectivity index (χ1n) is 9.79. The number of fused-ring (bicyclic) bond motifs is 1. The van der Waals surface area contributed by atoms with Crippen molar-refractivity contribution in [1.82, 2.24) is 10.0 Å². The lowest BCUT2D eigenvalue weighted by Gasteiger charge is -2.25. The van der Waals surface area contributed by atoms with E-state index in [1.807, 2.05) is 18.2 Å². The molecule has 0 bridgehead atoms. The zero-order valence-corrected chi connectivity index (χ0v) is 17.8. The van der Waals surface area contributed by atoms with Gasteiger partial charge in [0.1, 0.15) is 0 Å². The van der Waals surface area contributed by atoms with Crippen molar-refractivity contribution >= 4 is 17.9 Å². The van der Waals surface area contributed by atoms with Crippen LogP contribution in [0, 0.1) is 0 Å². The van der Waals surface area contributed by atoms with Crippen molar-refractivity contribution in [3.8, 4) is 0 Å². The average molecular weight is 375 g/mol. The Kier molecular flexibility index (Phi) is 7.78. The predicted octanol–water partition coefficient (Wildman–Crippen LogP) is 5.23. The summed E-state index contributed by atoms with van der Waals surface area (Å²) in [5, 5.41) is 3.24. The summed E-state index contributed by atoms with van der Waals surface area (Å²) in [5.41, 5.74) is 5.12. The maximum atomic E-state index is 12.8. The number of nitrogens with one attached hydrogen (secondary N) is 2. The van der Waals surface area contributed by atoms with Crippen LogP contribution in [0.15, 0.2) is 46.6 Å². The summed E-state index contributed by atoms with van der Waals surface area (Å²) in [6, 6.07) is 0.141. The van der Waals surface area contributed by atoms with Crippen LogP contribution in [0.3, 0.4) is 0 Å². The van der Waals surface area contributed by atoms with E-state index in [1.165, 1.54) is 36.0 Å². The Bertz CT molecular complexity index is 635. The van der Waals surface area contributed by atoms with Crippen molar-refractivity contribution in [2.24, 2.45) is 0 Å². The van der Waals surface area contributed by atoms with Gasteiger partial charge in [-0.2, -0.15) is 0 Å². The number of allylic oxidation sites excluding steroid dienone is 3. The third-order valence-corrected chi connectivity index (χ3v) is 5.65. The second kappa shape index (κ2) is 9.61. The number of carbonyl (C=O) groups is 1.